The number of rotatable bonds is 17. The smallest absolute Gasteiger partial charge is 0.227 e. The van der Waals surface area contributed by atoms with Crippen molar-refractivity contribution in [2.45, 2.75) is 103 Å². The van der Waals surface area contributed by atoms with E-state index < -0.39 is 0 Å². The summed E-state index contributed by atoms with van der Waals surface area (Å²) in [5.41, 5.74) is 10.5. The number of anilines is 4. The van der Waals surface area contributed by atoms with Crippen LogP contribution in [0, 0.1) is 0 Å². The van der Waals surface area contributed by atoms with Gasteiger partial charge in [0.2, 0.25) is 11.9 Å². The van der Waals surface area contributed by atoms with E-state index >= 15 is 0 Å². The number of benzene rings is 2. The van der Waals surface area contributed by atoms with Gasteiger partial charge in [-0.3, -0.25) is 23.9 Å². The van der Waals surface area contributed by atoms with Crippen molar-refractivity contribution < 1.29 is 19.1 Å². The summed E-state index contributed by atoms with van der Waals surface area (Å²) in [6.45, 7) is 17.8. The Kier molecular flexibility index (Phi) is 20.1. The van der Waals surface area contributed by atoms with Crippen molar-refractivity contribution in [2.75, 3.05) is 63.0 Å². The number of aromatic nitrogens is 14. The van der Waals surface area contributed by atoms with Gasteiger partial charge in [0, 0.05) is 102 Å². The number of ether oxygens (including phenoxy) is 2. The van der Waals surface area contributed by atoms with E-state index in [9.17, 15) is 9.59 Å². The molecule has 8 aromatic rings. The molecule has 2 aliphatic heterocycles. The molecule has 0 saturated heterocycles. The van der Waals surface area contributed by atoms with Crippen LogP contribution >= 0.6 is 15.9 Å². The number of carbonyl (C=O) groups is 2. The van der Waals surface area contributed by atoms with E-state index in [1.165, 1.54) is 22.3 Å². The van der Waals surface area contributed by atoms with Gasteiger partial charge in [0.15, 0.2) is 11.6 Å². The van der Waals surface area contributed by atoms with E-state index in [0.717, 1.165) is 91.4 Å². The first-order valence-corrected chi connectivity index (χ1v) is 28.3. The molecule has 0 aliphatic carbocycles. The average Bonchev–Trinajstić information content (AvgIpc) is 4.47. The summed E-state index contributed by atoms with van der Waals surface area (Å²) in [6, 6.07) is 16.6. The van der Waals surface area contributed by atoms with Crippen molar-refractivity contribution in [3.05, 3.63) is 132 Å². The molecule has 81 heavy (non-hydrogen) atoms. The van der Waals surface area contributed by atoms with E-state index in [-0.39, 0.29) is 34.5 Å². The number of hydrogen-bond acceptors (Lipinski definition) is 18. The van der Waals surface area contributed by atoms with Crippen LogP contribution in [-0.4, -0.2) is 138 Å². The van der Waals surface area contributed by atoms with Gasteiger partial charge < -0.3 is 25.4 Å². The molecule has 0 unspecified atom stereocenters. The molecule has 428 valence electrons. The molecule has 0 fully saturated rings. The van der Waals surface area contributed by atoms with Crippen molar-refractivity contribution in [1.82, 2.24) is 79.7 Å². The number of carbonyl (C=O) groups excluding carboxylic acids is 2. The second kappa shape index (κ2) is 27.3. The van der Waals surface area contributed by atoms with Gasteiger partial charge in [-0.1, -0.05) is 50.6 Å². The van der Waals surface area contributed by atoms with Crippen LogP contribution in [0.5, 0.6) is 0 Å². The van der Waals surface area contributed by atoms with Crippen LogP contribution in [0.4, 0.5) is 23.3 Å². The van der Waals surface area contributed by atoms with Gasteiger partial charge in [0.05, 0.1) is 71.8 Å². The number of methoxy groups -OCH3 is 2. The predicted molar refractivity (Wildman–Crippen MR) is 315 cm³/mol. The molecule has 0 bridgehead atoms. The third kappa shape index (κ3) is 16.4. The summed E-state index contributed by atoms with van der Waals surface area (Å²) in [5, 5.41) is 35.9. The van der Waals surface area contributed by atoms with Crippen LogP contribution < -0.4 is 16.0 Å². The Balaban J connectivity index is 0.000000197. The molecule has 0 spiro atoms. The van der Waals surface area contributed by atoms with Crippen LogP contribution in [0.2, 0.25) is 0 Å². The number of hydrogen-bond donors (Lipinski definition) is 3. The number of fused-ring (bicyclic) bond motifs is 2. The van der Waals surface area contributed by atoms with E-state index in [2.05, 4.69) is 119 Å². The van der Waals surface area contributed by atoms with Gasteiger partial charge in [-0.2, -0.15) is 10.2 Å². The number of nitrogens with one attached hydrogen (secondary N) is 3. The fourth-order valence-electron chi connectivity index (χ4n) is 9.48. The SMILES string of the molecule is COCCBr.COCCN1CC[C@@H](CC(=O)c2cn(C(C)(C)C)nn2)c2ccc(-c3ccnc(Nc4cnn(C)c4)n3)cc2C1.Cn1cc(Nc2nccc(-c3ccc4c(c3)CNCC[C@H]4CC(=O)c3cn(C(C)(C)C)nn3)n2)cn1. The number of alkyl halides is 1. The molecule has 6 aromatic heterocycles. The zero-order valence-electron chi connectivity index (χ0n) is 48.1. The molecule has 2 aliphatic rings. The third-order valence-corrected chi connectivity index (χ3v) is 14.2. The molecular formula is C58H75BrN18O4. The summed E-state index contributed by atoms with van der Waals surface area (Å²) < 4.78 is 16.9. The molecule has 10 rings (SSSR count). The van der Waals surface area contributed by atoms with Crippen molar-refractivity contribution in [3.8, 4) is 22.5 Å². The predicted octanol–water partition coefficient (Wildman–Crippen LogP) is 9.02. The number of nitrogens with zero attached hydrogens (tertiary/aromatic N) is 15. The average molecular weight is 1170 g/mol. The maximum atomic E-state index is 13.3. The Morgan fingerprint density at radius 2 is 1.19 bits per heavy atom. The third-order valence-electron chi connectivity index (χ3n) is 13.9. The second-order valence-corrected chi connectivity index (χ2v) is 23.0. The van der Waals surface area contributed by atoms with E-state index in [0.29, 0.717) is 42.7 Å². The van der Waals surface area contributed by atoms with Crippen LogP contribution in [0.3, 0.4) is 0 Å². The highest BCUT2D eigenvalue weighted by molar-refractivity contribution is 9.09. The minimum Gasteiger partial charge on any atom is -0.384 e. The molecule has 0 saturated carbocycles. The summed E-state index contributed by atoms with van der Waals surface area (Å²) >= 11 is 3.18. The minimum absolute atomic E-state index is 0.0165. The Hall–Kier alpha value is -7.44. The monoisotopic (exact) mass is 1170 g/mol. The van der Waals surface area contributed by atoms with Crippen LogP contribution in [0.1, 0.15) is 122 Å². The first-order valence-electron chi connectivity index (χ1n) is 27.2. The normalized spacial score (nSPS) is 15.4. The highest BCUT2D eigenvalue weighted by Gasteiger charge is 2.29. The zero-order valence-corrected chi connectivity index (χ0v) is 49.7. The fourth-order valence-corrected chi connectivity index (χ4v) is 9.81. The van der Waals surface area contributed by atoms with Crippen molar-refractivity contribution in [3.63, 3.8) is 0 Å². The topological polar surface area (TPSA) is 241 Å². The number of Topliss-reactive ketones (excluding diaryl/α,β-unsaturated/α-hetero) is 2. The molecule has 2 atom stereocenters. The number of ketones is 2. The first kappa shape index (κ1) is 59.7. The molecule has 8 heterocycles. The lowest BCUT2D eigenvalue weighted by molar-refractivity contribution is 0.0958. The summed E-state index contributed by atoms with van der Waals surface area (Å²) in [7, 11) is 7.14. The highest BCUT2D eigenvalue weighted by Crippen LogP contribution is 2.36. The molecule has 2 aromatic carbocycles. The lowest BCUT2D eigenvalue weighted by Crippen LogP contribution is -2.27. The standard InChI is InChI=1S/C29H37N9O2.C26H31N9O.C3H7BrO/c1-29(2,3)38-19-26(34-35-38)27(39)15-20-9-11-37(12-13-40-5)17-22-14-21(6-7-24(20)22)25-8-10-30-28(33-25)32-23-16-31-36(4)18-23;1-26(2,3)35-16-23(32-33-35)24(36)12-17-7-9-27-13-19-11-18(5-6-21(17)19)22-8-10-28-25(31-22)30-20-14-29-34(4)15-20;1-5-3-2-4/h6-8,10,14,16,18-20H,9,11-13,15,17H2,1-5H3,(H,30,32,33);5-6,8,10-11,14-17,27H,7,9,12-13H2,1-4H3,(H,28,30,31);2-3H2,1H3/t20-;17-;/m00./s1. The van der Waals surface area contributed by atoms with Gasteiger partial charge in [-0.25, -0.2) is 29.3 Å². The summed E-state index contributed by atoms with van der Waals surface area (Å²) in [6.07, 6.45) is 16.8. The highest BCUT2D eigenvalue weighted by atomic mass is 79.9. The summed E-state index contributed by atoms with van der Waals surface area (Å²) in [5.74, 6) is 1.26. The molecule has 0 amide bonds. The van der Waals surface area contributed by atoms with Crippen molar-refractivity contribution >= 4 is 50.8 Å². The molecular weight excluding hydrogens is 1090 g/mol. The second-order valence-electron chi connectivity index (χ2n) is 22.2. The fraction of sp³-hybridized carbons (Fsp3) is 0.448. The maximum absolute atomic E-state index is 13.3. The van der Waals surface area contributed by atoms with Gasteiger partial charge >= 0.3 is 0 Å². The van der Waals surface area contributed by atoms with E-state index in [4.69, 9.17) is 14.7 Å². The lowest BCUT2D eigenvalue weighted by Gasteiger charge is -2.20. The molecule has 3 N–H and O–H groups in total. The Labute approximate surface area is 482 Å². The Morgan fingerprint density at radius 1 is 0.679 bits per heavy atom. The molecule has 0 radical (unpaired) electrons. The number of halogens is 1. The largest absolute Gasteiger partial charge is 0.384 e. The van der Waals surface area contributed by atoms with Gasteiger partial charge in [-0.15, -0.1) is 10.2 Å². The quantitative estimate of drug-likeness (QED) is 0.0569. The van der Waals surface area contributed by atoms with E-state index in [1.54, 1.807) is 70.1 Å². The first-order chi connectivity index (χ1) is 38.9. The Bertz CT molecular complexity index is 3350. The van der Waals surface area contributed by atoms with Crippen LogP contribution in [-0.2, 0) is 47.7 Å². The van der Waals surface area contributed by atoms with Gasteiger partial charge in [0.1, 0.15) is 11.4 Å². The van der Waals surface area contributed by atoms with Crippen LogP contribution in [0.25, 0.3) is 22.5 Å². The Morgan fingerprint density at radius 3 is 1.64 bits per heavy atom. The number of aryl methyl sites for hydroxylation is 2. The summed E-state index contributed by atoms with van der Waals surface area (Å²) in [4.78, 5) is 47.0. The van der Waals surface area contributed by atoms with E-state index in [1.807, 2.05) is 80.2 Å². The van der Waals surface area contributed by atoms with Crippen molar-refractivity contribution in [2.24, 2.45) is 14.1 Å². The molecule has 23 heteroatoms. The lowest BCUT2D eigenvalue weighted by atomic mass is 9.87. The maximum Gasteiger partial charge on any atom is 0.227 e. The van der Waals surface area contributed by atoms with Gasteiger partial charge in [0.25, 0.3) is 0 Å². The zero-order chi connectivity index (χ0) is 57.7. The van der Waals surface area contributed by atoms with Crippen LogP contribution in [0.15, 0.2) is 98.1 Å². The molecule has 22 nitrogen and oxygen atoms in total. The van der Waals surface area contributed by atoms with Gasteiger partial charge in [-0.05, 0) is 126 Å². The minimum atomic E-state index is -0.229. The van der Waals surface area contributed by atoms with Crippen molar-refractivity contribution in [1.29, 1.82) is 0 Å².